The Morgan fingerprint density at radius 1 is 1.32 bits per heavy atom. The van der Waals surface area contributed by atoms with Crippen LogP contribution in [0.3, 0.4) is 0 Å². The number of H-pyrrole nitrogens is 1. The van der Waals surface area contributed by atoms with Crippen molar-refractivity contribution in [3.05, 3.63) is 47.5 Å². The molecule has 0 radical (unpaired) electrons. The van der Waals surface area contributed by atoms with Crippen LogP contribution < -0.4 is 4.72 Å². The van der Waals surface area contributed by atoms with Crippen LogP contribution in [0.4, 0.5) is 5.69 Å². The van der Waals surface area contributed by atoms with E-state index in [1.54, 1.807) is 17.4 Å². The normalized spacial score (nSPS) is 10.7. The molecule has 0 amide bonds. The molecule has 4 nitrogen and oxygen atoms in total. The van der Waals surface area contributed by atoms with Crippen molar-refractivity contribution >= 4 is 45.8 Å². The number of hydrogen-bond acceptors (Lipinski definition) is 4. The van der Waals surface area contributed by atoms with Crippen molar-refractivity contribution in [3.63, 3.8) is 0 Å². The molecular weight excluding hydrogens is 280 g/mol. The number of benzene rings is 1. The summed E-state index contributed by atoms with van der Waals surface area (Å²) in [6, 6.07) is 11.4. The SMILES string of the molecule is O=C(O)c1cc2cccc(NSc3cccs3)c2[nH]1. The first kappa shape index (κ1) is 12.1. The van der Waals surface area contributed by atoms with Gasteiger partial charge in [0.15, 0.2) is 0 Å². The number of carbonyl (C=O) groups is 1. The van der Waals surface area contributed by atoms with Gasteiger partial charge in [-0.15, -0.1) is 11.3 Å². The minimum Gasteiger partial charge on any atom is -0.477 e. The van der Waals surface area contributed by atoms with Crippen LogP contribution in [0.25, 0.3) is 10.9 Å². The smallest absolute Gasteiger partial charge is 0.352 e. The average molecular weight is 290 g/mol. The molecule has 3 N–H and O–H groups in total. The topological polar surface area (TPSA) is 65.1 Å². The molecule has 0 unspecified atom stereocenters. The molecule has 0 bridgehead atoms. The summed E-state index contributed by atoms with van der Waals surface area (Å²) in [4.78, 5) is 13.9. The maximum atomic E-state index is 11.0. The van der Waals surface area contributed by atoms with Crippen LogP contribution in [0.5, 0.6) is 0 Å². The highest BCUT2D eigenvalue weighted by atomic mass is 32.2. The van der Waals surface area contributed by atoms with E-state index < -0.39 is 5.97 Å². The van der Waals surface area contributed by atoms with Gasteiger partial charge in [0.1, 0.15) is 5.69 Å². The zero-order valence-electron chi connectivity index (χ0n) is 9.71. The van der Waals surface area contributed by atoms with Crippen molar-refractivity contribution in [2.45, 2.75) is 4.21 Å². The molecule has 0 aliphatic heterocycles. The largest absolute Gasteiger partial charge is 0.477 e. The maximum absolute atomic E-state index is 11.0. The Kier molecular flexibility index (Phi) is 3.18. The van der Waals surface area contributed by atoms with E-state index in [0.717, 1.165) is 20.8 Å². The number of aromatic carboxylic acids is 1. The summed E-state index contributed by atoms with van der Waals surface area (Å²) in [6.07, 6.45) is 0. The molecule has 1 aromatic carbocycles. The van der Waals surface area contributed by atoms with E-state index in [1.807, 2.05) is 35.7 Å². The zero-order valence-corrected chi connectivity index (χ0v) is 11.3. The number of thiophene rings is 1. The molecular formula is C13H10N2O2S2. The number of aromatic nitrogens is 1. The summed E-state index contributed by atoms with van der Waals surface area (Å²) in [5, 5.41) is 11.9. The van der Waals surface area contributed by atoms with Crippen LogP contribution in [-0.2, 0) is 0 Å². The molecule has 3 aromatic rings. The summed E-state index contributed by atoms with van der Waals surface area (Å²) >= 11 is 3.17. The number of aromatic amines is 1. The first-order chi connectivity index (χ1) is 9.24. The van der Waals surface area contributed by atoms with Gasteiger partial charge >= 0.3 is 5.97 Å². The fourth-order valence-corrected chi connectivity index (χ4v) is 3.24. The standard InChI is InChI=1S/C13H10N2O2S2/c16-13(17)10-7-8-3-1-4-9(12(8)14-10)15-19-11-5-2-6-18-11/h1-7,14-15H,(H,16,17). The van der Waals surface area contributed by atoms with Gasteiger partial charge < -0.3 is 14.8 Å². The van der Waals surface area contributed by atoms with Gasteiger partial charge in [-0.25, -0.2) is 4.79 Å². The molecule has 2 heterocycles. The Bertz CT molecular complexity index is 719. The number of fused-ring (bicyclic) bond motifs is 1. The van der Waals surface area contributed by atoms with Gasteiger partial charge in [0.2, 0.25) is 0 Å². The summed E-state index contributed by atoms with van der Waals surface area (Å²) < 4.78 is 4.40. The van der Waals surface area contributed by atoms with Crippen LogP contribution in [0, 0.1) is 0 Å². The second kappa shape index (κ2) is 4.99. The van der Waals surface area contributed by atoms with Crippen LogP contribution in [0.15, 0.2) is 46.0 Å². The molecule has 0 atom stereocenters. The van der Waals surface area contributed by atoms with E-state index in [9.17, 15) is 4.79 Å². The second-order valence-electron chi connectivity index (χ2n) is 3.89. The predicted molar refractivity (Wildman–Crippen MR) is 79.1 cm³/mol. The molecule has 96 valence electrons. The Balaban J connectivity index is 1.92. The lowest BCUT2D eigenvalue weighted by molar-refractivity contribution is 0.0691. The van der Waals surface area contributed by atoms with Crippen molar-refractivity contribution in [3.8, 4) is 0 Å². The minimum absolute atomic E-state index is 0.199. The fourth-order valence-electron chi connectivity index (χ4n) is 1.78. The molecule has 19 heavy (non-hydrogen) atoms. The lowest BCUT2D eigenvalue weighted by Crippen LogP contribution is -1.95. The van der Waals surface area contributed by atoms with Crippen molar-refractivity contribution in [1.29, 1.82) is 0 Å². The first-order valence-electron chi connectivity index (χ1n) is 5.55. The quantitative estimate of drug-likeness (QED) is 0.634. The number of carboxylic acid groups (broad SMARTS) is 1. The minimum atomic E-state index is -0.951. The van der Waals surface area contributed by atoms with Crippen LogP contribution in [-0.4, -0.2) is 16.1 Å². The Morgan fingerprint density at radius 3 is 2.95 bits per heavy atom. The third-order valence-corrected chi connectivity index (χ3v) is 4.50. The molecule has 0 saturated carbocycles. The van der Waals surface area contributed by atoms with Gasteiger partial charge in [-0.3, -0.25) is 0 Å². The van der Waals surface area contributed by atoms with Gasteiger partial charge in [0.25, 0.3) is 0 Å². The Labute approximate surface area is 117 Å². The molecule has 6 heteroatoms. The van der Waals surface area contributed by atoms with Gasteiger partial charge in [-0.05, 0) is 35.5 Å². The number of para-hydroxylation sites is 1. The van der Waals surface area contributed by atoms with E-state index in [4.69, 9.17) is 5.11 Å². The van der Waals surface area contributed by atoms with E-state index in [0.29, 0.717) is 0 Å². The third kappa shape index (κ3) is 2.45. The van der Waals surface area contributed by atoms with Gasteiger partial charge in [0, 0.05) is 5.39 Å². The Morgan fingerprint density at radius 2 is 2.21 bits per heavy atom. The maximum Gasteiger partial charge on any atom is 0.352 e. The van der Waals surface area contributed by atoms with Crippen LogP contribution in [0.1, 0.15) is 10.5 Å². The van der Waals surface area contributed by atoms with E-state index in [1.165, 1.54) is 11.9 Å². The summed E-state index contributed by atoms with van der Waals surface area (Å²) in [6.45, 7) is 0. The number of rotatable bonds is 4. The number of carboxylic acids is 1. The summed E-state index contributed by atoms with van der Waals surface area (Å²) in [7, 11) is 0. The number of hydrogen-bond donors (Lipinski definition) is 3. The summed E-state index contributed by atoms with van der Waals surface area (Å²) in [5.74, 6) is -0.951. The van der Waals surface area contributed by atoms with Crippen molar-refractivity contribution in [1.82, 2.24) is 4.98 Å². The predicted octanol–water partition coefficient (Wildman–Crippen LogP) is 4.05. The number of nitrogens with one attached hydrogen (secondary N) is 2. The monoisotopic (exact) mass is 290 g/mol. The van der Waals surface area contributed by atoms with Crippen LogP contribution in [0.2, 0.25) is 0 Å². The van der Waals surface area contributed by atoms with Crippen molar-refractivity contribution in [2.24, 2.45) is 0 Å². The van der Waals surface area contributed by atoms with Crippen molar-refractivity contribution < 1.29 is 9.90 Å². The average Bonchev–Trinajstić information content (AvgIpc) is 3.05. The molecule has 0 aliphatic rings. The van der Waals surface area contributed by atoms with E-state index in [-0.39, 0.29) is 5.69 Å². The molecule has 2 aromatic heterocycles. The number of anilines is 1. The molecule has 0 aliphatic carbocycles. The van der Waals surface area contributed by atoms with E-state index in [2.05, 4.69) is 9.71 Å². The summed E-state index contributed by atoms with van der Waals surface area (Å²) in [5.41, 5.74) is 1.89. The van der Waals surface area contributed by atoms with Crippen LogP contribution >= 0.6 is 23.3 Å². The highest BCUT2D eigenvalue weighted by Crippen LogP contribution is 2.30. The zero-order chi connectivity index (χ0) is 13.2. The van der Waals surface area contributed by atoms with Gasteiger partial charge in [0.05, 0.1) is 15.4 Å². The van der Waals surface area contributed by atoms with Crippen molar-refractivity contribution in [2.75, 3.05) is 4.72 Å². The first-order valence-corrected chi connectivity index (χ1v) is 7.25. The lowest BCUT2D eigenvalue weighted by atomic mass is 10.2. The molecule has 0 spiro atoms. The lowest BCUT2D eigenvalue weighted by Gasteiger charge is -2.04. The highest BCUT2D eigenvalue weighted by molar-refractivity contribution is 8.02. The highest BCUT2D eigenvalue weighted by Gasteiger charge is 2.10. The third-order valence-electron chi connectivity index (χ3n) is 2.64. The second-order valence-corrected chi connectivity index (χ2v) is 5.95. The van der Waals surface area contributed by atoms with Gasteiger partial charge in [-0.2, -0.15) is 0 Å². The Hall–Kier alpha value is -1.92. The fraction of sp³-hybridized carbons (Fsp3) is 0. The van der Waals surface area contributed by atoms with E-state index >= 15 is 0 Å². The van der Waals surface area contributed by atoms with Gasteiger partial charge in [-0.1, -0.05) is 18.2 Å². The molecule has 0 saturated heterocycles. The molecule has 3 rings (SSSR count). The molecule has 0 fully saturated rings.